The number of carbonyl (C=O) groups is 1. The predicted molar refractivity (Wildman–Crippen MR) is 104 cm³/mol. The molecule has 8 heteroatoms. The van der Waals surface area contributed by atoms with Crippen LogP contribution in [-0.2, 0) is 16.0 Å². The minimum Gasteiger partial charge on any atom is -0.379 e. The Hall–Kier alpha value is -2.42. The number of aromatic nitrogens is 1. The van der Waals surface area contributed by atoms with Crippen LogP contribution in [0.2, 0.25) is 0 Å². The number of pyridine rings is 1. The summed E-state index contributed by atoms with van der Waals surface area (Å²) in [6.45, 7) is 13.8. The SMILES string of the molecule is [C-]#[N+]c1c(N2CCC(NC(=O)C3(C)COC3)CC2)[nH]c(=S)c(C#N)c1CC. The topological polar surface area (TPSA) is 85.5 Å². The number of carbonyl (C=O) groups excluding carboxylic acids is 1. The number of hydrogen-bond donors (Lipinski definition) is 2. The highest BCUT2D eigenvalue weighted by Crippen LogP contribution is 2.35. The largest absolute Gasteiger partial charge is 0.379 e. The van der Waals surface area contributed by atoms with Gasteiger partial charge in [-0.2, -0.15) is 5.26 Å². The molecule has 0 radical (unpaired) electrons. The Morgan fingerprint density at radius 2 is 2.19 bits per heavy atom. The molecule has 3 heterocycles. The molecule has 0 aliphatic carbocycles. The molecule has 0 spiro atoms. The van der Waals surface area contributed by atoms with E-state index < -0.39 is 5.41 Å². The van der Waals surface area contributed by atoms with E-state index in [9.17, 15) is 10.1 Å². The Labute approximate surface area is 164 Å². The Bertz CT molecular complexity index is 883. The van der Waals surface area contributed by atoms with Gasteiger partial charge in [0.1, 0.15) is 16.5 Å². The monoisotopic (exact) mass is 385 g/mol. The highest BCUT2D eigenvalue weighted by molar-refractivity contribution is 7.71. The van der Waals surface area contributed by atoms with Crippen LogP contribution in [0.5, 0.6) is 0 Å². The predicted octanol–water partition coefficient (Wildman–Crippen LogP) is 2.85. The lowest BCUT2D eigenvalue weighted by atomic mass is 9.87. The number of hydrogen-bond acceptors (Lipinski definition) is 5. The third kappa shape index (κ3) is 3.55. The fourth-order valence-electron chi connectivity index (χ4n) is 3.59. The van der Waals surface area contributed by atoms with Gasteiger partial charge < -0.3 is 19.9 Å². The molecular formula is C19H23N5O2S. The number of anilines is 1. The van der Waals surface area contributed by atoms with E-state index in [2.05, 4.69) is 26.1 Å². The van der Waals surface area contributed by atoms with Gasteiger partial charge in [-0.15, -0.1) is 0 Å². The van der Waals surface area contributed by atoms with Gasteiger partial charge in [0.15, 0.2) is 0 Å². The van der Waals surface area contributed by atoms with Gasteiger partial charge in [0.05, 0.1) is 30.8 Å². The average Bonchev–Trinajstić information content (AvgIpc) is 2.65. The molecule has 2 aliphatic rings. The molecule has 1 amide bonds. The van der Waals surface area contributed by atoms with Gasteiger partial charge in [0, 0.05) is 19.1 Å². The summed E-state index contributed by atoms with van der Waals surface area (Å²) in [6, 6.07) is 2.24. The van der Waals surface area contributed by atoms with E-state index in [4.69, 9.17) is 23.5 Å². The van der Waals surface area contributed by atoms with Gasteiger partial charge in [0.2, 0.25) is 11.6 Å². The molecule has 142 valence electrons. The minimum absolute atomic E-state index is 0.0556. The third-order valence-electron chi connectivity index (χ3n) is 5.38. The maximum Gasteiger partial charge on any atom is 0.230 e. The second-order valence-electron chi connectivity index (χ2n) is 7.37. The van der Waals surface area contributed by atoms with Crippen LogP contribution in [0, 0.1) is 28.0 Å². The lowest BCUT2D eigenvalue weighted by molar-refractivity contribution is -0.158. The van der Waals surface area contributed by atoms with E-state index >= 15 is 0 Å². The number of amides is 1. The summed E-state index contributed by atoms with van der Waals surface area (Å²) < 4.78 is 5.55. The molecule has 0 atom stereocenters. The highest BCUT2D eigenvalue weighted by Gasteiger charge is 2.42. The van der Waals surface area contributed by atoms with Crippen LogP contribution in [0.15, 0.2) is 0 Å². The fourth-order valence-corrected chi connectivity index (χ4v) is 3.85. The average molecular weight is 385 g/mol. The first-order chi connectivity index (χ1) is 12.9. The van der Waals surface area contributed by atoms with E-state index in [1.54, 1.807) is 0 Å². The molecule has 27 heavy (non-hydrogen) atoms. The van der Waals surface area contributed by atoms with Gasteiger partial charge >= 0.3 is 0 Å². The minimum atomic E-state index is -0.400. The zero-order chi connectivity index (χ0) is 19.6. The van der Waals surface area contributed by atoms with Crippen LogP contribution in [0.4, 0.5) is 11.5 Å². The number of piperidine rings is 1. The Morgan fingerprint density at radius 3 is 2.67 bits per heavy atom. The lowest BCUT2D eigenvalue weighted by Crippen LogP contribution is -2.55. The number of ether oxygens (including phenoxy) is 1. The Balaban J connectivity index is 1.74. The van der Waals surface area contributed by atoms with Crippen molar-refractivity contribution >= 4 is 29.6 Å². The van der Waals surface area contributed by atoms with Crippen molar-refractivity contribution in [3.8, 4) is 6.07 Å². The van der Waals surface area contributed by atoms with Crippen molar-refractivity contribution in [3.63, 3.8) is 0 Å². The van der Waals surface area contributed by atoms with Crippen LogP contribution in [-0.4, -0.2) is 43.2 Å². The number of nitrogens with zero attached hydrogens (tertiary/aromatic N) is 3. The molecule has 2 saturated heterocycles. The van der Waals surface area contributed by atoms with E-state index in [1.165, 1.54) is 0 Å². The van der Waals surface area contributed by atoms with Gasteiger partial charge in [-0.25, -0.2) is 4.85 Å². The van der Waals surface area contributed by atoms with E-state index in [1.807, 2.05) is 13.8 Å². The lowest BCUT2D eigenvalue weighted by Gasteiger charge is -2.39. The van der Waals surface area contributed by atoms with E-state index in [0.29, 0.717) is 60.0 Å². The summed E-state index contributed by atoms with van der Waals surface area (Å²) in [5.41, 5.74) is 1.17. The van der Waals surface area contributed by atoms with Crippen molar-refractivity contribution < 1.29 is 9.53 Å². The first kappa shape index (κ1) is 19.3. The van der Waals surface area contributed by atoms with Gasteiger partial charge in [-0.05, 0) is 31.7 Å². The summed E-state index contributed by atoms with van der Waals surface area (Å²) in [5, 5.41) is 12.5. The van der Waals surface area contributed by atoms with Crippen molar-refractivity contribution in [3.05, 3.63) is 27.2 Å². The van der Waals surface area contributed by atoms with E-state index in [0.717, 1.165) is 12.8 Å². The molecule has 1 aromatic rings. The second-order valence-corrected chi connectivity index (χ2v) is 7.78. The number of rotatable bonds is 4. The van der Waals surface area contributed by atoms with Crippen LogP contribution in [0.1, 0.15) is 37.8 Å². The smallest absolute Gasteiger partial charge is 0.230 e. The quantitative estimate of drug-likeness (QED) is 0.615. The molecule has 0 bridgehead atoms. The molecule has 2 aliphatic heterocycles. The summed E-state index contributed by atoms with van der Waals surface area (Å²) in [6.07, 6.45) is 2.17. The number of nitriles is 1. The third-order valence-corrected chi connectivity index (χ3v) is 5.69. The van der Waals surface area contributed by atoms with Gasteiger partial charge in [-0.1, -0.05) is 19.1 Å². The highest BCUT2D eigenvalue weighted by atomic mass is 32.1. The van der Waals surface area contributed by atoms with Crippen molar-refractivity contribution in [1.29, 1.82) is 5.26 Å². The summed E-state index contributed by atoms with van der Waals surface area (Å²) in [7, 11) is 0. The number of nitrogens with one attached hydrogen (secondary N) is 2. The second kappa shape index (κ2) is 7.67. The first-order valence-electron chi connectivity index (χ1n) is 9.14. The molecule has 2 N–H and O–H groups in total. The molecule has 2 fully saturated rings. The molecule has 0 saturated carbocycles. The Morgan fingerprint density at radius 1 is 1.52 bits per heavy atom. The van der Waals surface area contributed by atoms with Gasteiger partial charge in [-0.3, -0.25) is 4.79 Å². The van der Waals surface area contributed by atoms with E-state index in [-0.39, 0.29) is 11.9 Å². The number of aromatic amines is 1. The summed E-state index contributed by atoms with van der Waals surface area (Å²) in [5.74, 6) is 0.745. The van der Waals surface area contributed by atoms with Crippen LogP contribution >= 0.6 is 12.2 Å². The maximum atomic E-state index is 12.4. The molecule has 1 aromatic heterocycles. The number of H-pyrrole nitrogens is 1. The van der Waals surface area contributed by atoms with Crippen LogP contribution in [0.25, 0.3) is 4.85 Å². The van der Waals surface area contributed by atoms with Crippen molar-refractivity contribution in [2.24, 2.45) is 5.41 Å². The molecule has 0 unspecified atom stereocenters. The zero-order valence-electron chi connectivity index (χ0n) is 15.6. The van der Waals surface area contributed by atoms with Gasteiger partial charge in [0.25, 0.3) is 0 Å². The Kier molecular flexibility index (Phi) is 5.50. The molecule has 7 nitrogen and oxygen atoms in total. The molecule has 0 aromatic carbocycles. The zero-order valence-corrected chi connectivity index (χ0v) is 16.4. The normalized spacial score (nSPS) is 18.9. The molecule has 3 rings (SSSR count). The van der Waals surface area contributed by atoms with Crippen molar-refractivity contribution in [2.75, 3.05) is 31.2 Å². The fraction of sp³-hybridized carbons (Fsp3) is 0.579. The first-order valence-corrected chi connectivity index (χ1v) is 9.54. The summed E-state index contributed by atoms with van der Waals surface area (Å²) in [4.78, 5) is 21.2. The molecular weight excluding hydrogens is 362 g/mol. The van der Waals surface area contributed by atoms with Crippen molar-refractivity contribution in [1.82, 2.24) is 10.3 Å². The maximum absolute atomic E-state index is 12.4. The van der Waals surface area contributed by atoms with Crippen LogP contribution < -0.4 is 10.2 Å². The van der Waals surface area contributed by atoms with Crippen molar-refractivity contribution in [2.45, 2.75) is 39.2 Å². The summed E-state index contributed by atoms with van der Waals surface area (Å²) >= 11 is 5.33. The standard InChI is InChI=1S/C19H23N5O2S/c1-4-13-14(9-20)17(27)23-16(15(13)21-3)24-7-5-12(6-8-24)22-18(25)19(2)10-26-11-19/h12H,4-8,10-11H2,1-2H3,(H,22,25)(H,23,27). The van der Waals surface area contributed by atoms with Crippen LogP contribution in [0.3, 0.4) is 0 Å².